The smallest absolute Gasteiger partial charge is 0.254 e. The second-order valence-corrected chi connectivity index (χ2v) is 8.78. The summed E-state index contributed by atoms with van der Waals surface area (Å²) in [4.78, 5) is 14.8. The lowest BCUT2D eigenvalue weighted by atomic mass is 10.1. The van der Waals surface area contributed by atoms with E-state index in [9.17, 15) is 13.2 Å². The normalized spacial score (nSPS) is 22.8. The van der Waals surface area contributed by atoms with Crippen molar-refractivity contribution in [1.29, 1.82) is 0 Å². The number of rotatable bonds is 3. The molecule has 6 nitrogen and oxygen atoms in total. The third-order valence-electron chi connectivity index (χ3n) is 4.90. The summed E-state index contributed by atoms with van der Waals surface area (Å²) in [5.74, 6) is -0.134. The predicted octanol–water partition coefficient (Wildman–Crippen LogP) is 2.03. The van der Waals surface area contributed by atoms with Gasteiger partial charge in [-0.25, -0.2) is 8.42 Å². The van der Waals surface area contributed by atoms with Crippen LogP contribution in [0, 0.1) is 6.92 Å². The number of piperidine rings is 1. The number of aryl methyl sites for hydroxylation is 1. The molecule has 2 heterocycles. The van der Waals surface area contributed by atoms with Crippen LogP contribution < -0.4 is 0 Å². The fourth-order valence-electron chi connectivity index (χ4n) is 3.44. The summed E-state index contributed by atoms with van der Waals surface area (Å²) >= 11 is 0. The fraction of sp³-hybridized carbons (Fsp3) is 0.611. The van der Waals surface area contributed by atoms with Crippen molar-refractivity contribution in [1.82, 2.24) is 9.21 Å². The average Bonchev–Trinajstić information content (AvgIpc) is 2.62. The van der Waals surface area contributed by atoms with Crippen molar-refractivity contribution in [2.24, 2.45) is 0 Å². The molecule has 1 atom stereocenters. The number of carbonyl (C=O) groups is 1. The molecule has 0 aliphatic carbocycles. The number of morpholine rings is 1. The number of nitrogens with zero attached hydrogens (tertiary/aromatic N) is 2. The number of sulfonamides is 1. The number of hydrogen-bond acceptors (Lipinski definition) is 4. The molecular formula is C18H26N2O4S. The van der Waals surface area contributed by atoms with Gasteiger partial charge in [0.25, 0.3) is 5.91 Å². The number of ether oxygens (including phenoxy) is 1. The quantitative estimate of drug-likeness (QED) is 0.821. The Morgan fingerprint density at radius 2 is 1.88 bits per heavy atom. The van der Waals surface area contributed by atoms with Crippen LogP contribution in [0.1, 0.15) is 42.1 Å². The summed E-state index contributed by atoms with van der Waals surface area (Å²) < 4.78 is 33.0. The van der Waals surface area contributed by atoms with Gasteiger partial charge in [-0.2, -0.15) is 4.31 Å². The van der Waals surface area contributed by atoms with E-state index in [0.29, 0.717) is 43.9 Å². The van der Waals surface area contributed by atoms with Crippen molar-refractivity contribution in [2.45, 2.75) is 44.1 Å². The Morgan fingerprint density at radius 1 is 1.16 bits per heavy atom. The molecule has 0 aromatic heterocycles. The van der Waals surface area contributed by atoms with E-state index in [2.05, 4.69) is 0 Å². The topological polar surface area (TPSA) is 66.9 Å². The molecule has 0 spiro atoms. The Labute approximate surface area is 149 Å². The molecule has 7 heteroatoms. The van der Waals surface area contributed by atoms with Gasteiger partial charge in [-0.1, -0.05) is 12.5 Å². The fourth-order valence-corrected chi connectivity index (χ4v) is 5.21. The first kappa shape index (κ1) is 18.4. The summed E-state index contributed by atoms with van der Waals surface area (Å²) in [6.07, 6.45) is 2.85. The van der Waals surface area contributed by atoms with Crippen LogP contribution in [-0.2, 0) is 14.8 Å². The van der Waals surface area contributed by atoms with E-state index in [4.69, 9.17) is 4.74 Å². The number of benzene rings is 1. The first-order valence-corrected chi connectivity index (χ1v) is 10.4. The van der Waals surface area contributed by atoms with Gasteiger partial charge in [0.1, 0.15) is 0 Å². The van der Waals surface area contributed by atoms with Crippen molar-refractivity contribution < 1.29 is 17.9 Å². The standard InChI is InChI=1S/C18H26N2O4S/c1-14-6-7-16(18(21)19-10-11-24-15(2)13-19)12-17(14)25(22,23)20-8-4-3-5-9-20/h6-7,12,15H,3-5,8-11,13H2,1-2H3. The summed E-state index contributed by atoms with van der Waals surface area (Å²) in [7, 11) is -3.55. The van der Waals surface area contributed by atoms with E-state index in [1.54, 1.807) is 34.3 Å². The molecular weight excluding hydrogens is 340 g/mol. The molecule has 138 valence electrons. The Balaban J connectivity index is 1.88. The average molecular weight is 366 g/mol. The van der Waals surface area contributed by atoms with Crippen molar-refractivity contribution in [3.8, 4) is 0 Å². The molecule has 1 aromatic rings. The van der Waals surface area contributed by atoms with E-state index >= 15 is 0 Å². The highest BCUT2D eigenvalue weighted by Crippen LogP contribution is 2.25. The van der Waals surface area contributed by atoms with Gasteiger partial charge in [0.05, 0.1) is 17.6 Å². The first-order valence-electron chi connectivity index (χ1n) is 8.91. The minimum Gasteiger partial charge on any atom is -0.375 e. The van der Waals surface area contributed by atoms with Gasteiger partial charge in [0.15, 0.2) is 0 Å². The van der Waals surface area contributed by atoms with Crippen molar-refractivity contribution in [3.05, 3.63) is 29.3 Å². The van der Waals surface area contributed by atoms with E-state index in [1.807, 2.05) is 6.92 Å². The molecule has 25 heavy (non-hydrogen) atoms. The maximum Gasteiger partial charge on any atom is 0.254 e. The zero-order valence-electron chi connectivity index (χ0n) is 14.9. The van der Waals surface area contributed by atoms with Gasteiger partial charge >= 0.3 is 0 Å². The van der Waals surface area contributed by atoms with Crippen LogP contribution in [0.3, 0.4) is 0 Å². The Hall–Kier alpha value is -1.44. The third-order valence-corrected chi connectivity index (χ3v) is 6.94. The zero-order valence-corrected chi connectivity index (χ0v) is 15.7. The van der Waals surface area contributed by atoms with Crippen LogP contribution in [0.15, 0.2) is 23.1 Å². The molecule has 1 unspecified atom stereocenters. The lowest BCUT2D eigenvalue weighted by Gasteiger charge is -2.31. The second kappa shape index (κ2) is 7.43. The van der Waals surface area contributed by atoms with Gasteiger partial charge in [0, 0.05) is 31.7 Å². The summed E-state index contributed by atoms with van der Waals surface area (Å²) in [6.45, 7) is 6.40. The molecule has 0 bridgehead atoms. The zero-order chi connectivity index (χ0) is 18.0. The molecule has 1 aromatic carbocycles. The Bertz CT molecular complexity index is 741. The van der Waals surface area contributed by atoms with Crippen LogP contribution in [0.25, 0.3) is 0 Å². The van der Waals surface area contributed by atoms with Crippen molar-refractivity contribution >= 4 is 15.9 Å². The van der Waals surface area contributed by atoms with Gasteiger partial charge in [-0.15, -0.1) is 0 Å². The SMILES string of the molecule is Cc1ccc(C(=O)N2CCOC(C)C2)cc1S(=O)(=O)N1CCCCC1. The van der Waals surface area contributed by atoms with Gasteiger partial charge in [-0.3, -0.25) is 4.79 Å². The first-order chi connectivity index (χ1) is 11.9. The van der Waals surface area contributed by atoms with Crippen LogP contribution in [0.4, 0.5) is 0 Å². The minimum absolute atomic E-state index is 0.000277. The van der Waals surface area contributed by atoms with E-state index < -0.39 is 10.0 Å². The Kier molecular flexibility index (Phi) is 5.46. The summed E-state index contributed by atoms with van der Waals surface area (Å²) in [5, 5.41) is 0. The van der Waals surface area contributed by atoms with Crippen molar-refractivity contribution in [3.63, 3.8) is 0 Å². The van der Waals surface area contributed by atoms with Gasteiger partial charge in [-0.05, 0) is 44.4 Å². The summed E-state index contributed by atoms with van der Waals surface area (Å²) in [6, 6.07) is 4.99. The Morgan fingerprint density at radius 3 is 2.56 bits per heavy atom. The minimum atomic E-state index is -3.55. The molecule has 0 radical (unpaired) electrons. The molecule has 0 saturated carbocycles. The highest BCUT2D eigenvalue weighted by Gasteiger charge is 2.29. The highest BCUT2D eigenvalue weighted by molar-refractivity contribution is 7.89. The van der Waals surface area contributed by atoms with E-state index in [1.165, 1.54) is 0 Å². The molecule has 2 aliphatic rings. The molecule has 0 N–H and O–H groups in total. The lowest BCUT2D eigenvalue weighted by Crippen LogP contribution is -2.44. The van der Waals surface area contributed by atoms with Crippen LogP contribution in [0.5, 0.6) is 0 Å². The third kappa shape index (κ3) is 3.88. The second-order valence-electron chi connectivity index (χ2n) is 6.88. The van der Waals surface area contributed by atoms with E-state index in [-0.39, 0.29) is 16.9 Å². The molecule has 3 rings (SSSR count). The molecule has 2 aliphatic heterocycles. The van der Waals surface area contributed by atoms with E-state index in [0.717, 1.165) is 19.3 Å². The molecule has 2 fully saturated rings. The number of hydrogen-bond donors (Lipinski definition) is 0. The summed E-state index contributed by atoms with van der Waals surface area (Å²) in [5.41, 5.74) is 1.10. The maximum absolute atomic E-state index is 13.0. The van der Waals surface area contributed by atoms with Crippen LogP contribution >= 0.6 is 0 Å². The highest BCUT2D eigenvalue weighted by atomic mass is 32.2. The number of amides is 1. The van der Waals surface area contributed by atoms with Gasteiger partial charge < -0.3 is 9.64 Å². The monoisotopic (exact) mass is 366 g/mol. The lowest BCUT2D eigenvalue weighted by molar-refractivity contribution is -0.0124. The maximum atomic E-state index is 13.0. The molecule has 2 saturated heterocycles. The number of carbonyl (C=O) groups excluding carboxylic acids is 1. The van der Waals surface area contributed by atoms with Crippen LogP contribution in [0.2, 0.25) is 0 Å². The van der Waals surface area contributed by atoms with Crippen molar-refractivity contribution in [2.75, 3.05) is 32.8 Å². The van der Waals surface area contributed by atoms with Crippen LogP contribution in [-0.4, -0.2) is 62.4 Å². The molecule has 1 amide bonds. The largest absolute Gasteiger partial charge is 0.375 e. The predicted molar refractivity (Wildman–Crippen MR) is 95.1 cm³/mol. The van der Waals surface area contributed by atoms with Gasteiger partial charge in [0.2, 0.25) is 10.0 Å².